The van der Waals surface area contributed by atoms with E-state index in [1.807, 2.05) is 0 Å². The number of hydrogen-bond acceptors (Lipinski definition) is 0. The van der Waals surface area contributed by atoms with Gasteiger partial charge in [0.1, 0.15) is 0 Å². The zero-order valence-corrected chi connectivity index (χ0v) is 22.5. The van der Waals surface area contributed by atoms with Crippen LogP contribution in [0.4, 0.5) is 0 Å². The third-order valence-corrected chi connectivity index (χ3v) is 9.69. The molecule has 2 aromatic carbocycles. The molecule has 5 aliphatic carbocycles. The van der Waals surface area contributed by atoms with Gasteiger partial charge in [-0.1, -0.05) is 103 Å². The summed E-state index contributed by atoms with van der Waals surface area (Å²) in [6.07, 6.45) is 31.4. The van der Waals surface area contributed by atoms with Crippen LogP contribution in [-0.4, -0.2) is 4.57 Å². The lowest BCUT2D eigenvalue weighted by Crippen LogP contribution is -2.29. The maximum absolute atomic E-state index is 2.56. The Labute approximate surface area is 231 Å². The molecule has 1 heterocycles. The largest absolute Gasteiger partial charge is 0.310 e. The summed E-state index contributed by atoms with van der Waals surface area (Å²) >= 11 is 0. The first-order valence-corrected chi connectivity index (χ1v) is 14.9. The van der Waals surface area contributed by atoms with Gasteiger partial charge in [0.2, 0.25) is 0 Å². The second kappa shape index (κ2) is 9.42. The summed E-state index contributed by atoms with van der Waals surface area (Å²) < 4.78 is 2.54. The maximum Gasteiger partial charge on any atom is 0.0537 e. The van der Waals surface area contributed by atoms with E-state index in [1.165, 1.54) is 46.3 Å². The van der Waals surface area contributed by atoms with Crippen LogP contribution in [0.15, 0.2) is 126 Å². The third-order valence-electron chi connectivity index (χ3n) is 9.69. The summed E-state index contributed by atoms with van der Waals surface area (Å²) in [5.74, 6) is 2.01. The van der Waals surface area contributed by atoms with Gasteiger partial charge >= 0.3 is 0 Å². The number of aromatic nitrogens is 1. The molecule has 0 saturated carbocycles. The number of nitrogens with zero attached hydrogens (tertiary/aromatic N) is 1. The van der Waals surface area contributed by atoms with E-state index in [9.17, 15) is 0 Å². The van der Waals surface area contributed by atoms with E-state index in [1.54, 1.807) is 16.7 Å². The molecule has 0 bridgehead atoms. The van der Waals surface area contributed by atoms with E-state index in [2.05, 4.69) is 120 Å². The number of benzene rings is 2. The molecule has 0 fully saturated rings. The Morgan fingerprint density at radius 2 is 1.62 bits per heavy atom. The molecule has 3 aromatic rings. The Morgan fingerprint density at radius 1 is 0.744 bits per heavy atom. The summed E-state index contributed by atoms with van der Waals surface area (Å²) in [4.78, 5) is 0. The van der Waals surface area contributed by atoms with Crippen LogP contribution in [0.2, 0.25) is 0 Å². The lowest BCUT2D eigenvalue weighted by molar-refractivity contribution is 0.417. The number of fused-ring (bicyclic) bond motifs is 6. The number of hydrogen-bond donors (Lipinski definition) is 0. The van der Waals surface area contributed by atoms with Crippen LogP contribution in [0.25, 0.3) is 22.7 Å². The molecule has 0 spiro atoms. The first-order valence-electron chi connectivity index (χ1n) is 14.9. The Morgan fingerprint density at radius 3 is 2.46 bits per heavy atom. The molecular weight excluding hydrogens is 470 g/mol. The molecule has 0 amide bonds. The average Bonchev–Trinajstić information content (AvgIpc) is 3.36. The van der Waals surface area contributed by atoms with Crippen LogP contribution in [0.5, 0.6) is 0 Å². The SMILES string of the molecule is C1=CC(n2c3c(c4ccccc42)C2C4=C(C=CCC4)C(C4=CCC(c5ccccc5)C=C4)CC2C=C3)=CCC1. The number of rotatable bonds is 3. The molecule has 4 atom stereocenters. The van der Waals surface area contributed by atoms with Gasteiger partial charge in [0.15, 0.2) is 0 Å². The highest BCUT2D eigenvalue weighted by Crippen LogP contribution is 2.55. The van der Waals surface area contributed by atoms with Crippen molar-refractivity contribution in [1.82, 2.24) is 4.57 Å². The van der Waals surface area contributed by atoms with E-state index >= 15 is 0 Å². The molecule has 5 aliphatic rings. The van der Waals surface area contributed by atoms with Gasteiger partial charge in [-0.3, -0.25) is 0 Å². The normalized spacial score (nSPS) is 27.2. The van der Waals surface area contributed by atoms with Crippen LogP contribution in [0.1, 0.15) is 67.2 Å². The molecule has 0 N–H and O–H groups in total. The molecule has 1 nitrogen and oxygen atoms in total. The van der Waals surface area contributed by atoms with E-state index in [0.29, 0.717) is 23.7 Å². The monoisotopic (exact) mass is 505 g/mol. The van der Waals surface area contributed by atoms with Gasteiger partial charge in [-0.25, -0.2) is 0 Å². The first kappa shape index (κ1) is 23.1. The minimum absolute atomic E-state index is 0.478. The van der Waals surface area contributed by atoms with Crippen molar-refractivity contribution in [2.45, 2.75) is 50.4 Å². The molecule has 192 valence electrons. The Balaban J connectivity index is 1.22. The van der Waals surface area contributed by atoms with Gasteiger partial charge in [-0.2, -0.15) is 0 Å². The fourth-order valence-corrected chi connectivity index (χ4v) is 7.94. The van der Waals surface area contributed by atoms with Crippen molar-refractivity contribution in [1.29, 1.82) is 0 Å². The highest BCUT2D eigenvalue weighted by molar-refractivity contribution is 5.94. The fourth-order valence-electron chi connectivity index (χ4n) is 7.94. The molecule has 39 heavy (non-hydrogen) atoms. The summed E-state index contributed by atoms with van der Waals surface area (Å²) in [5.41, 5.74) is 11.9. The number of para-hydroxylation sites is 1. The fraction of sp³-hybridized carbons (Fsp3) is 0.263. The van der Waals surface area contributed by atoms with Crippen LogP contribution in [0.3, 0.4) is 0 Å². The quantitative estimate of drug-likeness (QED) is 0.334. The van der Waals surface area contributed by atoms with Crippen molar-refractivity contribution in [3.63, 3.8) is 0 Å². The molecule has 0 aliphatic heterocycles. The van der Waals surface area contributed by atoms with Gasteiger partial charge in [0.25, 0.3) is 0 Å². The van der Waals surface area contributed by atoms with Gasteiger partial charge < -0.3 is 4.57 Å². The van der Waals surface area contributed by atoms with E-state index in [0.717, 1.165) is 25.7 Å². The molecule has 1 heteroatoms. The zero-order valence-electron chi connectivity index (χ0n) is 22.5. The first-order chi connectivity index (χ1) is 19.4. The summed E-state index contributed by atoms with van der Waals surface area (Å²) in [5, 5.41) is 1.44. The Hall–Kier alpha value is -3.84. The highest BCUT2D eigenvalue weighted by Gasteiger charge is 2.41. The summed E-state index contributed by atoms with van der Waals surface area (Å²) in [6, 6.07) is 20.1. The van der Waals surface area contributed by atoms with Crippen molar-refractivity contribution < 1.29 is 0 Å². The topological polar surface area (TPSA) is 4.93 Å². The zero-order chi connectivity index (χ0) is 25.8. The van der Waals surface area contributed by atoms with Gasteiger partial charge in [0, 0.05) is 28.8 Å². The minimum Gasteiger partial charge on any atom is -0.310 e. The third kappa shape index (κ3) is 3.74. The van der Waals surface area contributed by atoms with E-state index in [-0.39, 0.29) is 0 Å². The maximum atomic E-state index is 2.56. The second-order valence-electron chi connectivity index (χ2n) is 11.8. The van der Waals surface area contributed by atoms with Crippen molar-refractivity contribution >= 4 is 22.7 Å². The van der Waals surface area contributed by atoms with Gasteiger partial charge in [-0.05, 0) is 84.9 Å². The van der Waals surface area contributed by atoms with Crippen LogP contribution >= 0.6 is 0 Å². The number of allylic oxidation sites excluding steroid dienone is 13. The van der Waals surface area contributed by atoms with E-state index in [4.69, 9.17) is 0 Å². The van der Waals surface area contributed by atoms with E-state index < -0.39 is 0 Å². The lowest BCUT2D eigenvalue weighted by Gasteiger charge is -2.42. The molecule has 4 unspecified atom stereocenters. The highest BCUT2D eigenvalue weighted by atomic mass is 15.0. The Kier molecular flexibility index (Phi) is 5.57. The van der Waals surface area contributed by atoms with Crippen molar-refractivity contribution in [2.75, 3.05) is 0 Å². The van der Waals surface area contributed by atoms with Gasteiger partial charge in [-0.15, -0.1) is 0 Å². The summed E-state index contributed by atoms with van der Waals surface area (Å²) in [7, 11) is 0. The lowest BCUT2D eigenvalue weighted by atomic mass is 9.62. The van der Waals surface area contributed by atoms with Crippen molar-refractivity contribution in [3.8, 4) is 0 Å². The Bertz CT molecular complexity index is 1660. The van der Waals surface area contributed by atoms with Crippen molar-refractivity contribution in [3.05, 3.63) is 143 Å². The molecule has 0 radical (unpaired) electrons. The van der Waals surface area contributed by atoms with Crippen molar-refractivity contribution in [2.24, 2.45) is 11.8 Å². The molecule has 8 rings (SSSR count). The standard InChI is InChI=1S/C38H35N/c1-3-11-26(12-4-1)27-19-21-28(22-20-27)34-25-29-23-24-36-38(37(29)32-16-8-7-15-31(32)34)33-17-9-10-18-35(33)39(36)30-13-5-2-6-14-30/h1,3-5,7,9-15,17-19,21-24,27,29,34,37H,2,6,8,16,20,25H2. The predicted molar refractivity (Wildman–Crippen MR) is 164 cm³/mol. The summed E-state index contributed by atoms with van der Waals surface area (Å²) in [6.45, 7) is 0. The van der Waals surface area contributed by atoms with Crippen LogP contribution in [0, 0.1) is 11.8 Å². The minimum atomic E-state index is 0.478. The molecular formula is C38H35N. The molecule has 1 aromatic heterocycles. The van der Waals surface area contributed by atoms with Gasteiger partial charge in [0.05, 0.1) is 11.2 Å². The molecule has 0 saturated heterocycles. The predicted octanol–water partition coefficient (Wildman–Crippen LogP) is 9.90. The van der Waals surface area contributed by atoms with Crippen LogP contribution < -0.4 is 0 Å². The smallest absolute Gasteiger partial charge is 0.0537 e. The van der Waals surface area contributed by atoms with Crippen LogP contribution in [-0.2, 0) is 0 Å². The average molecular weight is 506 g/mol. The second-order valence-corrected chi connectivity index (χ2v) is 11.8.